The molecule has 0 bridgehead atoms. The van der Waals surface area contributed by atoms with Gasteiger partial charge in [-0.1, -0.05) is 49.2 Å². The molecule has 0 saturated heterocycles. The van der Waals surface area contributed by atoms with Crippen LogP contribution in [0, 0.1) is 27.2 Å². The van der Waals surface area contributed by atoms with E-state index in [1.165, 1.54) is 16.7 Å². The number of unbranched alkanes of at least 4 members (excludes halogenated alkanes) is 4. The number of nitrogens with one attached hydrogen (secondary N) is 2. The lowest BCUT2D eigenvalue weighted by Gasteiger charge is -2.13. The van der Waals surface area contributed by atoms with Gasteiger partial charge in [0, 0.05) is 48.1 Å². The van der Waals surface area contributed by atoms with Crippen molar-refractivity contribution in [2.24, 2.45) is 0 Å². The molecule has 0 atom stereocenters. The van der Waals surface area contributed by atoms with Crippen molar-refractivity contribution in [2.75, 3.05) is 26.2 Å². The number of hydrogen-bond donors (Lipinski definition) is 2. The number of halogens is 2. The van der Waals surface area contributed by atoms with Gasteiger partial charge in [0.15, 0.2) is 0 Å². The number of aromatic nitrogens is 2. The third-order valence-corrected chi connectivity index (χ3v) is 7.93. The highest BCUT2D eigenvalue weighted by Crippen LogP contribution is 2.19. The fourth-order valence-corrected chi connectivity index (χ4v) is 5.45. The highest BCUT2D eigenvalue weighted by molar-refractivity contribution is 5.85. The van der Waals surface area contributed by atoms with E-state index < -0.39 is 0 Å². The zero-order valence-electron chi connectivity index (χ0n) is 27.1. The first-order valence-corrected chi connectivity index (χ1v) is 16.0. The monoisotopic (exact) mass is 694 g/mol. The molecule has 0 unspecified atom stereocenters. The van der Waals surface area contributed by atoms with Gasteiger partial charge in [-0.15, -0.1) is 24.8 Å². The minimum Gasteiger partial charge on any atom is -0.317 e. The number of nitro groups is 2. The van der Waals surface area contributed by atoms with Gasteiger partial charge in [0.1, 0.15) is 0 Å². The Hall–Kier alpha value is -3.58. The van der Waals surface area contributed by atoms with E-state index in [4.69, 9.17) is 0 Å². The molecule has 12 nitrogen and oxygen atoms in total. The largest absolute Gasteiger partial charge is 0.331 e. The standard InChI is InChI=1S/C33H46N6O6.2ClH/c1-27-26-32(40)37(25-11-3-9-21-35-23-13-17-29-15-5-7-19-31(29)39(44)45)33(41)36(27)24-10-2-8-20-34-22-12-16-28-14-4-6-18-30(28)38(42)43;;/h4-7,14-15,18-19,26,34-35H,2-3,8-13,16-17,20-25H2,1H3;2*1H. The van der Waals surface area contributed by atoms with Crippen LogP contribution in [0.4, 0.5) is 11.4 Å². The fourth-order valence-electron chi connectivity index (χ4n) is 5.45. The molecule has 2 N–H and O–H groups in total. The maximum atomic E-state index is 13.1. The van der Waals surface area contributed by atoms with Crippen LogP contribution in [0.3, 0.4) is 0 Å². The number of para-hydroxylation sites is 2. The summed E-state index contributed by atoms with van der Waals surface area (Å²) < 4.78 is 3.03. The van der Waals surface area contributed by atoms with Gasteiger partial charge < -0.3 is 10.6 Å². The zero-order chi connectivity index (χ0) is 32.4. The lowest BCUT2D eigenvalue weighted by molar-refractivity contribution is -0.385. The molecule has 260 valence electrons. The lowest BCUT2D eigenvalue weighted by Crippen LogP contribution is -2.40. The van der Waals surface area contributed by atoms with Gasteiger partial charge in [0.2, 0.25) is 0 Å². The van der Waals surface area contributed by atoms with Gasteiger partial charge in [0.05, 0.1) is 9.85 Å². The van der Waals surface area contributed by atoms with Crippen LogP contribution in [-0.4, -0.2) is 45.2 Å². The summed E-state index contributed by atoms with van der Waals surface area (Å²) in [5.74, 6) is 0. The molecule has 0 aliphatic carbocycles. The molecule has 47 heavy (non-hydrogen) atoms. The molecule has 1 aromatic heterocycles. The van der Waals surface area contributed by atoms with Crippen molar-refractivity contribution in [1.29, 1.82) is 0 Å². The second-order valence-corrected chi connectivity index (χ2v) is 11.3. The molecule has 1 heterocycles. The summed E-state index contributed by atoms with van der Waals surface area (Å²) in [5, 5.41) is 29.0. The van der Waals surface area contributed by atoms with E-state index in [-0.39, 0.29) is 57.3 Å². The van der Waals surface area contributed by atoms with Crippen LogP contribution in [0.25, 0.3) is 0 Å². The quantitative estimate of drug-likeness (QED) is 0.0764. The number of benzene rings is 2. The molecule has 0 spiro atoms. The molecule has 0 aliphatic rings. The van der Waals surface area contributed by atoms with Crippen LogP contribution in [0.5, 0.6) is 0 Å². The first-order valence-electron chi connectivity index (χ1n) is 16.0. The van der Waals surface area contributed by atoms with Crippen LogP contribution in [0.1, 0.15) is 68.2 Å². The maximum Gasteiger partial charge on any atom is 0.331 e. The van der Waals surface area contributed by atoms with Gasteiger partial charge in [0.25, 0.3) is 16.9 Å². The molecule has 0 radical (unpaired) electrons. The van der Waals surface area contributed by atoms with Gasteiger partial charge >= 0.3 is 5.69 Å². The average Bonchev–Trinajstić information content (AvgIpc) is 3.02. The SMILES string of the molecule is Cc1cc(=O)n(CCCCCNCCCc2ccccc2[N+](=O)[O-])c(=O)n1CCCCCNCCCc1ccccc1[N+](=O)[O-].Cl.Cl. The molecule has 2 aromatic carbocycles. The van der Waals surface area contributed by atoms with Crippen molar-refractivity contribution < 1.29 is 9.85 Å². The molecule has 3 rings (SSSR count). The number of hydrogen-bond acceptors (Lipinski definition) is 8. The van der Waals surface area contributed by atoms with Crippen LogP contribution in [0.2, 0.25) is 0 Å². The molecule has 0 fully saturated rings. The summed E-state index contributed by atoms with van der Waals surface area (Å²) in [5.41, 5.74) is 2.02. The third-order valence-electron chi connectivity index (χ3n) is 7.93. The van der Waals surface area contributed by atoms with Gasteiger partial charge in [-0.25, -0.2) is 4.79 Å². The summed E-state index contributed by atoms with van der Waals surface area (Å²) in [6.07, 6.45) is 8.20. The van der Waals surface area contributed by atoms with E-state index in [0.717, 1.165) is 88.7 Å². The lowest BCUT2D eigenvalue weighted by atomic mass is 10.1. The van der Waals surface area contributed by atoms with E-state index in [1.807, 2.05) is 12.1 Å². The Bertz CT molecular complexity index is 1510. The minimum absolute atomic E-state index is 0. The predicted molar refractivity (Wildman–Crippen MR) is 190 cm³/mol. The highest BCUT2D eigenvalue weighted by atomic mass is 35.5. The number of rotatable bonds is 22. The smallest absolute Gasteiger partial charge is 0.317 e. The molecular weight excluding hydrogens is 647 g/mol. The van der Waals surface area contributed by atoms with Crippen molar-refractivity contribution in [3.05, 3.63) is 112 Å². The summed E-state index contributed by atoms with van der Waals surface area (Å²) >= 11 is 0. The Morgan fingerprint density at radius 2 is 1.04 bits per heavy atom. The summed E-state index contributed by atoms with van der Waals surface area (Å²) in [4.78, 5) is 47.2. The normalized spacial score (nSPS) is 10.7. The average molecular weight is 696 g/mol. The Morgan fingerprint density at radius 1 is 0.617 bits per heavy atom. The van der Waals surface area contributed by atoms with Crippen LogP contribution >= 0.6 is 24.8 Å². The summed E-state index contributed by atoms with van der Waals surface area (Å²) in [7, 11) is 0. The molecule has 0 saturated carbocycles. The van der Waals surface area contributed by atoms with Gasteiger partial charge in [-0.05, 0) is 84.5 Å². The van der Waals surface area contributed by atoms with Crippen molar-refractivity contribution in [2.45, 2.75) is 84.2 Å². The van der Waals surface area contributed by atoms with Crippen molar-refractivity contribution in [1.82, 2.24) is 19.8 Å². The van der Waals surface area contributed by atoms with E-state index >= 15 is 0 Å². The van der Waals surface area contributed by atoms with E-state index in [2.05, 4.69) is 10.6 Å². The fraction of sp³-hybridized carbons (Fsp3) is 0.515. The van der Waals surface area contributed by atoms with Crippen LogP contribution < -0.4 is 21.9 Å². The second-order valence-electron chi connectivity index (χ2n) is 11.3. The Balaban J connectivity index is 0.00000552. The molecule has 0 aliphatic heterocycles. The van der Waals surface area contributed by atoms with E-state index in [9.17, 15) is 29.8 Å². The first kappa shape index (κ1) is 41.4. The van der Waals surface area contributed by atoms with Gasteiger partial charge in [-0.2, -0.15) is 0 Å². The van der Waals surface area contributed by atoms with E-state index in [0.29, 0.717) is 31.6 Å². The molecule has 3 aromatic rings. The van der Waals surface area contributed by atoms with E-state index in [1.54, 1.807) is 41.8 Å². The number of nitrogens with zero attached hydrogens (tertiary/aromatic N) is 4. The summed E-state index contributed by atoms with van der Waals surface area (Å²) in [6.45, 7) is 5.97. The number of nitro benzene ring substituents is 2. The molecular formula is C33H48Cl2N6O6. The topological polar surface area (TPSA) is 154 Å². The van der Waals surface area contributed by atoms with Crippen molar-refractivity contribution in [3.8, 4) is 0 Å². The zero-order valence-corrected chi connectivity index (χ0v) is 28.7. The van der Waals surface area contributed by atoms with Crippen molar-refractivity contribution >= 4 is 36.2 Å². The maximum absolute atomic E-state index is 13.1. The Labute approximate surface area is 288 Å². The Morgan fingerprint density at radius 3 is 1.51 bits per heavy atom. The Kier molecular flexibility index (Phi) is 20.2. The van der Waals surface area contributed by atoms with Crippen LogP contribution in [-0.2, 0) is 25.9 Å². The predicted octanol–water partition coefficient (Wildman–Crippen LogP) is 5.76. The first-order chi connectivity index (χ1) is 21.8. The van der Waals surface area contributed by atoms with Gasteiger partial charge in [-0.3, -0.25) is 34.2 Å². The highest BCUT2D eigenvalue weighted by Gasteiger charge is 2.13. The molecule has 14 heteroatoms. The van der Waals surface area contributed by atoms with Crippen molar-refractivity contribution in [3.63, 3.8) is 0 Å². The third kappa shape index (κ3) is 14.0. The molecule has 0 amide bonds. The second kappa shape index (κ2) is 22.9. The number of aryl methyl sites for hydroxylation is 3. The minimum atomic E-state index is -0.340. The van der Waals surface area contributed by atoms with Crippen LogP contribution in [0.15, 0.2) is 64.2 Å². The summed E-state index contributed by atoms with van der Waals surface area (Å²) in [6, 6.07) is 15.2.